The van der Waals surface area contributed by atoms with E-state index < -0.39 is 0 Å². The van der Waals surface area contributed by atoms with Crippen LogP contribution in [0.5, 0.6) is 5.75 Å². The van der Waals surface area contributed by atoms with Gasteiger partial charge in [0.1, 0.15) is 5.75 Å². The molecule has 0 aliphatic rings. The lowest BCUT2D eigenvalue weighted by Gasteiger charge is -2.05. The average molecular weight is 292 g/mol. The van der Waals surface area contributed by atoms with Gasteiger partial charge in [-0.15, -0.1) is 0 Å². The van der Waals surface area contributed by atoms with Gasteiger partial charge in [0, 0.05) is 0 Å². The Bertz CT molecular complexity index is 606. The van der Waals surface area contributed by atoms with Gasteiger partial charge >= 0.3 is 0 Å². The third-order valence-corrected chi connectivity index (χ3v) is 3.38. The molecule has 0 bridgehead atoms. The van der Waals surface area contributed by atoms with Crippen molar-refractivity contribution in [2.75, 3.05) is 6.61 Å². The maximum absolute atomic E-state index is 5.67. The van der Waals surface area contributed by atoms with Gasteiger partial charge in [-0.3, -0.25) is 0 Å². The molecule has 0 heterocycles. The van der Waals surface area contributed by atoms with Crippen LogP contribution in [-0.2, 0) is 0 Å². The fourth-order valence-electron chi connectivity index (χ4n) is 2.10. The van der Waals surface area contributed by atoms with Gasteiger partial charge in [0.2, 0.25) is 0 Å². The van der Waals surface area contributed by atoms with Gasteiger partial charge in [0.25, 0.3) is 0 Å². The second-order valence-electron chi connectivity index (χ2n) is 5.40. The van der Waals surface area contributed by atoms with Crippen molar-refractivity contribution in [3.63, 3.8) is 0 Å². The normalized spacial score (nSPS) is 11.8. The minimum Gasteiger partial charge on any atom is -0.494 e. The summed E-state index contributed by atoms with van der Waals surface area (Å²) < 4.78 is 5.67. The predicted octanol–water partition coefficient (Wildman–Crippen LogP) is 5.98. The standard InChI is InChI=1S/C21H24O/c1-3-4-16-22-21-14-12-19(13-15-21)11-10-18(2)17-20-8-6-5-7-9-20/h5-15,17H,3-4,16H2,1-2H3. The summed E-state index contributed by atoms with van der Waals surface area (Å²) in [6.07, 6.45) is 8.71. The zero-order valence-electron chi connectivity index (χ0n) is 13.5. The van der Waals surface area contributed by atoms with Crippen LogP contribution in [0.25, 0.3) is 12.2 Å². The summed E-state index contributed by atoms with van der Waals surface area (Å²) in [5, 5.41) is 0. The zero-order chi connectivity index (χ0) is 15.6. The van der Waals surface area contributed by atoms with Crippen LogP contribution in [0.15, 0.2) is 66.2 Å². The van der Waals surface area contributed by atoms with Crippen molar-refractivity contribution in [2.24, 2.45) is 0 Å². The van der Waals surface area contributed by atoms with Gasteiger partial charge in [-0.25, -0.2) is 0 Å². The average Bonchev–Trinajstić information content (AvgIpc) is 2.55. The highest BCUT2D eigenvalue weighted by molar-refractivity contribution is 5.61. The molecule has 0 aliphatic carbocycles. The Morgan fingerprint density at radius 1 is 0.955 bits per heavy atom. The van der Waals surface area contributed by atoms with Gasteiger partial charge in [0.15, 0.2) is 0 Å². The highest BCUT2D eigenvalue weighted by Crippen LogP contribution is 2.15. The Kier molecular flexibility index (Phi) is 6.50. The van der Waals surface area contributed by atoms with Crippen LogP contribution >= 0.6 is 0 Å². The van der Waals surface area contributed by atoms with Crippen molar-refractivity contribution >= 4 is 12.2 Å². The highest BCUT2D eigenvalue weighted by Gasteiger charge is 1.93. The molecule has 0 aromatic heterocycles. The molecule has 0 spiro atoms. The molecule has 114 valence electrons. The van der Waals surface area contributed by atoms with Crippen LogP contribution in [0.3, 0.4) is 0 Å². The molecule has 2 aromatic carbocycles. The topological polar surface area (TPSA) is 9.23 Å². The predicted molar refractivity (Wildman–Crippen MR) is 96.0 cm³/mol. The first-order valence-electron chi connectivity index (χ1n) is 7.92. The Morgan fingerprint density at radius 3 is 2.36 bits per heavy atom. The van der Waals surface area contributed by atoms with Crippen LogP contribution in [0.2, 0.25) is 0 Å². The molecular weight excluding hydrogens is 268 g/mol. The van der Waals surface area contributed by atoms with Gasteiger partial charge in [-0.1, -0.05) is 79.6 Å². The molecule has 0 radical (unpaired) electrons. The number of hydrogen-bond donors (Lipinski definition) is 0. The van der Waals surface area contributed by atoms with E-state index in [1.54, 1.807) is 0 Å². The Balaban J connectivity index is 1.93. The lowest BCUT2D eigenvalue weighted by atomic mass is 10.1. The molecule has 0 amide bonds. The van der Waals surface area contributed by atoms with Gasteiger partial charge in [-0.05, 0) is 36.6 Å². The van der Waals surface area contributed by atoms with Gasteiger partial charge in [-0.2, -0.15) is 0 Å². The molecule has 22 heavy (non-hydrogen) atoms. The smallest absolute Gasteiger partial charge is 0.119 e. The maximum Gasteiger partial charge on any atom is 0.119 e. The molecule has 0 fully saturated rings. The fraction of sp³-hybridized carbons (Fsp3) is 0.238. The largest absolute Gasteiger partial charge is 0.494 e. The van der Waals surface area contributed by atoms with E-state index in [2.05, 4.69) is 68.5 Å². The maximum atomic E-state index is 5.67. The lowest BCUT2D eigenvalue weighted by Crippen LogP contribution is -1.95. The SMILES string of the molecule is CCCCOc1ccc(C=CC(C)=Cc2ccccc2)cc1. The Hall–Kier alpha value is -2.28. The minimum absolute atomic E-state index is 0.796. The van der Waals surface area contributed by atoms with E-state index >= 15 is 0 Å². The summed E-state index contributed by atoms with van der Waals surface area (Å²) in [5.41, 5.74) is 3.64. The van der Waals surface area contributed by atoms with Crippen LogP contribution < -0.4 is 4.74 Å². The van der Waals surface area contributed by atoms with Crippen LogP contribution in [0.1, 0.15) is 37.8 Å². The molecule has 1 heteroatoms. The van der Waals surface area contributed by atoms with Crippen molar-refractivity contribution in [3.05, 3.63) is 77.4 Å². The van der Waals surface area contributed by atoms with E-state index in [4.69, 9.17) is 4.74 Å². The molecule has 0 N–H and O–H groups in total. The second kappa shape index (κ2) is 8.89. The van der Waals surface area contributed by atoms with Crippen molar-refractivity contribution in [1.82, 2.24) is 0 Å². The van der Waals surface area contributed by atoms with E-state index in [-0.39, 0.29) is 0 Å². The number of rotatable bonds is 7. The van der Waals surface area contributed by atoms with Crippen LogP contribution in [0, 0.1) is 0 Å². The molecular formula is C21H24O. The molecule has 0 aliphatic heterocycles. The third-order valence-electron chi connectivity index (χ3n) is 3.38. The number of allylic oxidation sites excluding steroid dienone is 2. The van der Waals surface area contributed by atoms with E-state index in [1.165, 1.54) is 16.7 Å². The quantitative estimate of drug-likeness (QED) is 0.450. The summed E-state index contributed by atoms with van der Waals surface area (Å²) in [7, 11) is 0. The monoisotopic (exact) mass is 292 g/mol. The number of unbranched alkanes of at least 4 members (excludes halogenated alkanes) is 1. The van der Waals surface area contributed by atoms with Gasteiger partial charge in [0.05, 0.1) is 6.61 Å². The van der Waals surface area contributed by atoms with Crippen molar-refractivity contribution in [1.29, 1.82) is 0 Å². The minimum atomic E-state index is 0.796. The first-order chi connectivity index (χ1) is 10.8. The zero-order valence-corrected chi connectivity index (χ0v) is 13.5. The summed E-state index contributed by atoms with van der Waals surface area (Å²) in [6, 6.07) is 18.6. The fourth-order valence-corrected chi connectivity index (χ4v) is 2.10. The van der Waals surface area contributed by atoms with E-state index in [9.17, 15) is 0 Å². The number of hydrogen-bond acceptors (Lipinski definition) is 1. The molecule has 0 saturated carbocycles. The summed E-state index contributed by atoms with van der Waals surface area (Å²) >= 11 is 0. The Labute approximate surface area is 134 Å². The third kappa shape index (κ3) is 5.61. The van der Waals surface area contributed by atoms with Crippen LogP contribution in [0.4, 0.5) is 0 Å². The van der Waals surface area contributed by atoms with E-state index in [0.29, 0.717) is 0 Å². The summed E-state index contributed by atoms with van der Waals surface area (Å²) in [4.78, 5) is 0. The molecule has 0 atom stereocenters. The second-order valence-corrected chi connectivity index (χ2v) is 5.40. The highest BCUT2D eigenvalue weighted by atomic mass is 16.5. The van der Waals surface area contributed by atoms with Crippen LogP contribution in [-0.4, -0.2) is 6.61 Å². The van der Waals surface area contributed by atoms with Crippen molar-refractivity contribution < 1.29 is 4.74 Å². The first-order valence-corrected chi connectivity index (χ1v) is 7.92. The van der Waals surface area contributed by atoms with E-state index in [0.717, 1.165) is 25.2 Å². The van der Waals surface area contributed by atoms with Gasteiger partial charge < -0.3 is 4.74 Å². The molecule has 0 saturated heterocycles. The summed E-state index contributed by atoms with van der Waals surface area (Å²) in [5.74, 6) is 0.946. The van der Waals surface area contributed by atoms with E-state index in [1.807, 2.05) is 18.2 Å². The molecule has 2 aromatic rings. The van der Waals surface area contributed by atoms with Crippen molar-refractivity contribution in [2.45, 2.75) is 26.7 Å². The lowest BCUT2D eigenvalue weighted by molar-refractivity contribution is 0.309. The Morgan fingerprint density at radius 2 is 1.68 bits per heavy atom. The molecule has 1 nitrogen and oxygen atoms in total. The molecule has 2 rings (SSSR count). The molecule has 0 unspecified atom stereocenters. The number of benzene rings is 2. The number of ether oxygens (including phenoxy) is 1. The first kappa shape index (κ1) is 16.1. The van der Waals surface area contributed by atoms with Crippen molar-refractivity contribution in [3.8, 4) is 5.75 Å². The summed E-state index contributed by atoms with van der Waals surface area (Å²) in [6.45, 7) is 5.08.